The highest BCUT2D eigenvalue weighted by atomic mass is 19.1. The van der Waals surface area contributed by atoms with Crippen LogP contribution in [0.1, 0.15) is 86.7 Å². The zero-order chi connectivity index (χ0) is 22.5. The molecule has 1 fully saturated rings. The molecule has 1 aliphatic heterocycles. The fourth-order valence-corrected chi connectivity index (χ4v) is 4.73. The molecule has 6 heteroatoms. The summed E-state index contributed by atoms with van der Waals surface area (Å²) in [7, 11) is 0. The van der Waals surface area contributed by atoms with E-state index < -0.39 is 5.82 Å². The Morgan fingerprint density at radius 1 is 1.09 bits per heavy atom. The Morgan fingerprint density at radius 3 is 2.75 bits per heavy atom. The van der Waals surface area contributed by atoms with Crippen LogP contribution in [0.15, 0.2) is 42.7 Å². The van der Waals surface area contributed by atoms with Crippen molar-refractivity contribution in [1.82, 2.24) is 9.61 Å². The number of rotatable bonds is 10. The number of halogens is 2. The van der Waals surface area contributed by atoms with Crippen LogP contribution in [0, 0.1) is 11.6 Å². The maximum atomic E-state index is 14.4. The lowest BCUT2D eigenvalue weighted by Crippen LogP contribution is -2.23. The number of carbonyl (C=O) groups is 1. The molecule has 3 heterocycles. The Hall–Kier alpha value is -2.76. The maximum absolute atomic E-state index is 14.4. The number of pyridine rings is 1. The van der Waals surface area contributed by atoms with E-state index in [9.17, 15) is 13.6 Å². The number of anilines is 1. The van der Waals surface area contributed by atoms with Gasteiger partial charge in [0.05, 0.1) is 23.3 Å². The van der Waals surface area contributed by atoms with Crippen molar-refractivity contribution in [3.8, 4) is 0 Å². The standard InChI is InChI=1S/C26H31F2N3O/c1-2-3-4-5-6-7-10-26(32)22-18-29-31-15-13-20(17-25(22)31)30-14-8-9-24(30)21-16-19(27)11-12-23(21)28/h11-13,15-18,24H,2-10,14H2,1H3. The lowest BCUT2D eigenvalue weighted by Gasteiger charge is -2.27. The minimum absolute atomic E-state index is 0.113. The molecule has 1 aliphatic rings. The second-order valence-electron chi connectivity index (χ2n) is 8.73. The minimum Gasteiger partial charge on any atom is -0.364 e. The number of hydrogen-bond donors (Lipinski definition) is 0. The molecule has 170 valence electrons. The van der Waals surface area contributed by atoms with Crippen LogP contribution in [0.2, 0.25) is 0 Å². The Labute approximate surface area is 188 Å². The Morgan fingerprint density at radius 2 is 1.91 bits per heavy atom. The van der Waals surface area contributed by atoms with E-state index in [0.29, 0.717) is 17.5 Å². The molecule has 0 aliphatic carbocycles. The molecule has 1 unspecified atom stereocenters. The Kier molecular flexibility index (Phi) is 7.18. The average molecular weight is 440 g/mol. The highest BCUT2D eigenvalue weighted by molar-refractivity contribution is 6.02. The van der Waals surface area contributed by atoms with E-state index in [0.717, 1.165) is 49.5 Å². The summed E-state index contributed by atoms with van der Waals surface area (Å²) in [6.07, 6.45) is 12.5. The van der Waals surface area contributed by atoms with Gasteiger partial charge in [0.1, 0.15) is 11.6 Å². The third-order valence-corrected chi connectivity index (χ3v) is 6.46. The molecule has 1 saturated heterocycles. The number of ketones is 1. The molecule has 0 saturated carbocycles. The predicted molar refractivity (Wildman–Crippen MR) is 123 cm³/mol. The van der Waals surface area contributed by atoms with Gasteiger partial charge in [0.2, 0.25) is 0 Å². The number of carbonyl (C=O) groups excluding carboxylic acids is 1. The van der Waals surface area contributed by atoms with Gasteiger partial charge in [-0.05, 0) is 49.6 Å². The quantitative estimate of drug-likeness (QED) is 0.255. The second-order valence-corrected chi connectivity index (χ2v) is 8.73. The SMILES string of the molecule is CCCCCCCCC(=O)c1cnn2ccc(N3CCCC3c3cc(F)ccc3F)cc12. The van der Waals surface area contributed by atoms with E-state index in [1.54, 1.807) is 10.7 Å². The number of fused-ring (bicyclic) bond motifs is 1. The molecule has 2 aromatic heterocycles. The van der Waals surface area contributed by atoms with Crippen LogP contribution < -0.4 is 4.90 Å². The molecule has 4 rings (SSSR count). The molecule has 0 spiro atoms. The van der Waals surface area contributed by atoms with E-state index in [2.05, 4.69) is 16.9 Å². The highest BCUT2D eigenvalue weighted by Gasteiger charge is 2.29. The molecule has 0 radical (unpaired) electrons. The van der Waals surface area contributed by atoms with Gasteiger partial charge >= 0.3 is 0 Å². The Bertz CT molecular complexity index is 1080. The lowest BCUT2D eigenvalue weighted by molar-refractivity contribution is 0.0980. The monoisotopic (exact) mass is 439 g/mol. The van der Waals surface area contributed by atoms with Crippen molar-refractivity contribution in [2.45, 2.75) is 70.8 Å². The summed E-state index contributed by atoms with van der Waals surface area (Å²) in [5.41, 5.74) is 2.69. The van der Waals surface area contributed by atoms with Crippen LogP contribution in [0.4, 0.5) is 14.5 Å². The van der Waals surface area contributed by atoms with Gasteiger partial charge in [0, 0.05) is 30.4 Å². The second kappa shape index (κ2) is 10.2. The van der Waals surface area contributed by atoms with Crippen LogP contribution in [-0.2, 0) is 0 Å². The molecule has 0 amide bonds. The van der Waals surface area contributed by atoms with Gasteiger partial charge in [-0.3, -0.25) is 4.79 Å². The average Bonchev–Trinajstić information content (AvgIpc) is 3.44. The van der Waals surface area contributed by atoms with Gasteiger partial charge in [-0.15, -0.1) is 0 Å². The van der Waals surface area contributed by atoms with Crippen molar-refractivity contribution >= 4 is 17.0 Å². The third kappa shape index (κ3) is 4.84. The zero-order valence-electron chi connectivity index (χ0n) is 18.7. The Balaban J connectivity index is 1.52. The number of hydrogen-bond acceptors (Lipinski definition) is 3. The number of unbranched alkanes of at least 4 members (excludes halogenated alkanes) is 5. The number of Topliss-reactive ketones (excluding diaryl/α,β-unsaturated/α-hetero) is 1. The van der Waals surface area contributed by atoms with E-state index in [1.165, 1.54) is 37.8 Å². The van der Waals surface area contributed by atoms with Crippen molar-refractivity contribution in [2.24, 2.45) is 0 Å². The van der Waals surface area contributed by atoms with Crippen LogP contribution >= 0.6 is 0 Å². The third-order valence-electron chi connectivity index (χ3n) is 6.46. The van der Waals surface area contributed by atoms with Crippen LogP contribution in [0.3, 0.4) is 0 Å². The highest BCUT2D eigenvalue weighted by Crippen LogP contribution is 2.38. The lowest BCUT2D eigenvalue weighted by atomic mass is 10.0. The van der Waals surface area contributed by atoms with E-state index >= 15 is 0 Å². The van der Waals surface area contributed by atoms with Crippen molar-refractivity contribution in [3.05, 3.63) is 65.5 Å². The predicted octanol–water partition coefficient (Wildman–Crippen LogP) is 6.89. The molecule has 1 atom stereocenters. The summed E-state index contributed by atoms with van der Waals surface area (Å²) in [4.78, 5) is 15.0. The fourth-order valence-electron chi connectivity index (χ4n) is 4.73. The summed E-state index contributed by atoms with van der Waals surface area (Å²) in [5, 5.41) is 4.35. The smallest absolute Gasteiger partial charge is 0.166 e. The summed E-state index contributed by atoms with van der Waals surface area (Å²) < 4.78 is 30.0. The first-order chi connectivity index (χ1) is 15.6. The first kappa shape index (κ1) is 22.4. The molecule has 4 nitrogen and oxygen atoms in total. The molecule has 32 heavy (non-hydrogen) atoms. The molecule has 0 N–H and O–H groups in total. The summed E-state index contributed by atoms with van der Waals surface area (Å²) in [6, 6.07) is 7.30. The first-order valence-electron chi connectivity index (χ1n) is 11.8. The van der Waals surface area contributed by atoms with Gasteiger partial charge in [-0.25, -0.2) is 13.3 Å². The molecule has 0 bridgehead atoms. The summed E-state index contributed by atoms with van der Waals surface area (Å²) >= 11 is 0. The summed E-state index contributed by atoms with van der Waals surface area (Å²) in [5.74, 6) is -0.701. The van der Waals surface area contributed by atoms with Gasteiger partial charge in [0.25, 0.3) is 0 Å². The van der Waals surface area contributed by atoms with E-state index in [-0.39, 0.29) is 17.6 Å². The number of aromatic nitrogens is 2. The fraction of sp³-hybridized carbons (Fsp3) is 0.462. The van der Waals surface area contributed by atoms with Crippen LogP contribution in [0.25, 0.3) is 5.52 Å². The zero-order valence-corrected chi connectivity index (χ0v) is 18.7. The first-order valence-corrected chi connectivity index (χ1v) is 11.8. The molecule has 1 aromatic carbocycles. The van der Waals surface area contributed by atoms with Crippen molar-refractivity contribution in [2.75, 3.05) is 11.4 Å². The molecular weight excluding hydrogens is 408 g/mol. The van der Waals surface area contributed by atoms with Gasteiger partial charge < -0.3 is 4.90 Å². The topological polar surface area (TPSA) is 37.6 Å². The van der Waals surface area contributed by atoms with Crippen molar-refractivity contribution < 1.29 is 13.6 Å². The maximum Gasteiger partial charge on any atom is 0.166 e. The summed E-state index contributed by atoms with van der Waals surface area (Å²) in [6.45, 7) is 2.95. The van der Waals surface area contributed by atoms with Gasteiger partial charge in [0.15, 0.2) is 5.78 Å². The van der Waals surface area contributed by atoms with Crippen LogP contribution in [0.5, 0.6) is 0 Å². The molecule has 3 aromatic rings. The van der Waals surface area contributed by atoms with Gasteiger partial charge in [-0.2, -0.15) is 5.10 Å². The number of benzene rings is 1. The number of nitrogens with zero attached hydrogens (tertiary/aromatic N) is 3. The van der Waals surface area contributed by atoms with Crippen molar-refractivity contribution in [1.29, 1.82) is 0 Å². The van der Waals surface area contributed by atoms with Crippen LogP contribution in [-0.4, -0.2) is 21.9 Å². The van der Waals surface area contributed by atoms with E-state index in [1.807, 2.05) is 18.3 Å². The minimum atomic E-state index is -0.429. The van der Waals surface area contributed by atoms with Gasteiger partial charge in [-0.1, -0.05) is 39.0 Å². The molecular formula is C26H31F2N3O. The normalized spacial score (nSPS) is 16.2. The largest absolute Gasteiger partial charge is 0.364 e. The van der Waals surface area contributed by atoms with Crippen molar-refractivity contribution in [3.63, 3.8) is 0 Å². The van der Waals surface area contributed by atoms with E-state index in [4.69, 9.17) is 0 Å².